The summed E-state index contributed by atoms with van der Waals surface area (Å²) in [5.41, 5.74) is 0.897. The number of carbonyl (C=O) groups is 1. The van der Waals surface area contributed by atoms with Crippen LogP contribution < -0.4 is 4.80 Å². The van der Waals surface area contributed by atoms with Gasteiger partial charge in [0.25, 0.3) is 11.6 Å². The molecule has 1 amide bonds. The average molecular weight is 521 g/mol. The molecule has 35 heavy (non-hydrogen) atoms. The molecule has 0 aliphatic heterocycles. The number of nitrogens with zero attached hydrogens (tertiary/aromatic N) is 4. The van der Waals surface area contributed by atoms with E-state index in [0.717, 1.165) is 11.3 Å². The first-order valence-electron chi connectivity index (χ1n) is 11.2. The standard InChI is InChI=1S/C23H28N4O6S2/c1-4-12-25(13-5-2)35(31,32)19-9-6-17(7-10-19)22(28)24-23-26(14-15-33-3)20-11-8-18(27(29)30)16-21(20)34-23/h6-11,16H,4-5,12-15H2,1-3H3. The SMILES string of the molecule is CCCN(CCC)S(=O)(=O)c1ccc(C(=O)N=c2sc3cc([N+](=O)[O-])ccc3n2CCOC)cc1. The second-order valence-electron chi connectivity index (χ2n) is 7.78. The van der Waals surface area contributed by atoms with Crippen LogP contribution in [0.15, 0.2) is 52.4 Å². The first kappa shape index (κ1) is 26.7. The first-order chi connectivity index (χ1) is 16.7. The molecule has 0 N–H and O–H groups in total. The number of aromatic nitrogens is 1. The lowest BCUT2D eigenvalue weighted by molar-refractivity contribution is -0.384. The highest BCUT2D eigenvalue weighted by Gasteiger charge is 2.23. The summed E-state index contributed by atoms with van der Waals surface area (Å²) in [6.07, 6.45) is 1.41. The maximum Gasteiger partial charge on any atom is 0.279 e. The number of sulfonamides is 1. The number of rotatable bonds is 11. The van der Waals surface area contributed by atoms with Crippen LogP contribution in [0.25, 0.3) is 10.2 Å². The van der Waals surface area contributed by atoms with Gasteiger partial charge in [0.05, 0.1) is 26.6 Å². The van der Waals surface area contributed by atoms with Crippen molar-refractivity contribution in [3.63, 3.8) is 0 Å². The largest absolute Gasteiger partial charge is 0.383 e. The van der Waals surface area contributed by atoms with Crippen molar-refractivity contribution in [2.75, 3.05) is 26.8 Å². The van der Waals surface area contributed by atoms with Crippen LogP contribution in [0.4, 0.5) is 5.69 Å². The molecule has 0 unspecified atom stereocenters. The normalized spacial score (nSPS) is 12.5. The van der Waals surface area contributed by atoms with Crippen LogP contribution in [-0.4, -0.2) is 54.9 Å². The van der Waals surface area contributed by atoms with Gasteiger partial charge in [0.1, 0.15) is 0 Å². The minimum Gasteiger partial charge on any atom is -0.383 e. The Bertz CT molecular complexity index is 1370. The number of non-ortho nitro benzene ring substituents is 1. The molecule has 0 saturated heterocycles. The Kier molecular flexibility index (Phi) is 8.89. The summed E-state index contributed by atoms with van der Waals surface area (Å²) >= 11 is 1.16. The Hall–Kier alpha value is -2.93. The molecule has 3 rings (SSSR count). The highest BCUT2D eigenvalue weighted by atomic mass is 32.2. The van der Waals surface area contributed by atoms with Gasteiger partial charge < -0.3 is 9.30 Å². The topological polar surface area (TPSA) is 124 Å². The molecule has 0 bridgehead atoms. The molecular formula is C23H28N4O6S2. The summed E-state index contributed by atoms with van der Waals surface area (Å²) in [5.74, 6) is -0.542. The van der Waals surface area contributed by atoms with Gasteiger partial charge in [-0.1, -0.05) is 25.2 Å². The first-order valence-corrected chi connectivity index (χ1v) is 13.4. The number of nitro benzene ring substituents is 1. The van der Waals surface area contributed by atoms with E-state index in [1.165, 1.54) is 40.7 Å². The Morgan fingerprint density at radius 2 is 1.80 bits per heavy atom. The lowest BCUT2D eigenvalue weighted by atomic mass is 10.2. The lowest BCUT2D eigenvalue weighted by Crippen LogP contribution is -2.32. The fourth-order valence-electron chi connectivity index (χ4n) is 3.58. The third-order valence-corrected chi connectivity index (χ3v) is 8.23. The zero-order valence-corrected chi connectivity index (χ0v) is 21.5. The van der Waals surface area contributed by atoms with E-state index in [9.17, 15) is 23.3 Å². The molecule has 188 valence electrons. The van der Waals surface area contributed by atoms with Crippen molar-refractivity contribution < 1.29 is 22.9 Å². The van der Waals surface area contributed by atoms with Crippen LogP contribution >= 0.6 is 11.3 Å². The van der Waals surface area contributed by atoms with E-state index in [0.29, 0.717) is 54.1 Å². The van der Waals surface area contributed by atoms with Crippen molar-refractivity contribution in [1.82, 2.24) is 8.87 Å². The number of ether oxygens (including phenoxy) is 1. The van der Waals surface area contributed by atoms with Gasteiger partial charge in [-0.05, 0) is 43.2 Å². The molecule has 12 heteroatoms. The maximum absolute atomic E-state index is 13.0. The third kappa shape index (κ3) is 6.01. The summed E-state index contributed by atoms with van der Waals surface area (Å²) in [6, 6.07) is 10.2. The second kappa shape index (κ2) is 11.7. The van der Waals surface area contributed by atoms with Gasteiger partial charge in [0.15, 0.2) is 4.80 Å². The van der Waals surface area contributed by atoms with Crippen LogP contribution in [0, 0.1) is 10.1 Å². The molecule has 0 aliphatic carbocycles. The minimum absolute atomic E-state index is 0.0486. The second-order valence-corrected chi connectivity index (χ2v) is 10.7. The number of fused-ring (bicyclic) bond motifs is 1. The summed E-state index contributed by atoms with van der Waals surface area (Å²) in [5, 5.41) is 11.1. The quantitative estimate of drug-likeness (QED) is 0.280. The van der Waals surface area contributed by atoms with E-state index in [-0.39, 0.29) is 16.1 Å². The van der Waals surface area contributed by atoms with Gasteiger partial charge in [0, 0.05) is 44.4 Å². The smallest absolute Gasteiger partial charge is 0.279 e. The number of thiazole rings is 1. The Balaban J connectivity index is 1.97. The average Bonchev–Trinajstić information content (AvgIpc) is 3.18. The van der Waals surface area contributed by atoms with Gasteiger partial charge in [-0.25, -0.2) is 8.42 Å². The maximum atomic E-state index is 13.0. The summed E-state index contributed by atoms with van der Waals surface area (Å²) in [7, 11) is -2.10. The van der Waals surface area contributed by atoms with E-state index < -0.39 is 20.9 Å². The van der Waals surface area contributed by atoms with Crippen LogP contribution in [0.3, 0.4) is 0 Å². The number of hydrogen-bond acceptors (Lipinski definition) is 7. The summed E-state index contributed by atoms with van der Waals surface area (Å²) in [4.78, 5) is 28.3. The van der Waals surface area contributed by atoms with Crippen LogP contribution in [0.2, 0.25) is 0 Å². The van der Waals surface area contributed by atoms with Crippen molar-refractivity contribution in [1.29, 1.82) is 0 Å². The fourth-order valence-corrected chi connectivity index (χ4v) is 6.29. The van der Waals surface area contributed by atoms with Crippen molar-refractivity contribution in [3.05, 3.63) is 62.9 Å². The van der Waals surface area contributed by atoms with Crippen LogP contribution in [0.1, 0.15) is 37.0 Å². The molecule has 0 radical (unpaired) electrons. The minimum atomic E-state index is -3.65. The number of methoxy groups -OCH3 is 1. The van der Waals surface area contributed by atoms with E-state index in [4.69, 9.17) is 4.74 Å². The van der Waals surface area contributed by atoms with Crippen LogP contribution in [0.5, 0.6) is 0 Å². The lowest BCUT2D eigenvalue weighted by Gasteiger charge is -2.21. The molecule has 0 saturated carbocycles. The molecule has 0 fully saturated rings. The predicted octanol–water partition coefficient (Wildman–Crippen LogP) is 3.81. The molecule has 0 spiro atoms. The number of nitro groups is 1. The monoisotopic (exact) mass is 520 g/mol. The van der Waals surface area contributed by atoms with Crippen molar-refractivity contribution in [2.24, 2.45) is 4.99 Å². The van der Waals surface area contributed by atoms with Crippen molar-refractivity contribution in [2.45, 2.75) is 38.1 Å². The van der Waals surface area contributed by atoms with Gasteiger partial charge >= 0.3 is 0 Å². The molecule has 1 heterocycles. The molecule has 10 nitrogen and oxygen atoms in total. The Labute approximate surface area is 207 Å². The van der Waals surface area contributed by atoms with E-state index in [1.807, 2.05) is 13.8 Å². The number of amides is 1. The highest BCUT2D eigenvalue weighted by molar-refractivity contribution is 7.89. The predicted molar refractivity (Wildman–Crippen MR) is 134 cm³/mol. The molecule has 2 aromatic carbocycles. The van der Waals surface area contributed by atoms with Gasteiger partial charge in [-0.15, -0.1) is 0 Å². The molecule has 0 aliphatic rings. The number of carbonyl (C=O) groups excluding carboxylic acids is 1. The van der Waals surface area contributed by atoms with Gasteiger partial charge in [-0.3, -0.25) is 14.9 Å². The van der Waals surface area contributed by atoms with Crippen molar-refractivity contribution >= 4 is 43.2 Å². The van der Waals surface area contributed by atoms with Gasteiger partial charge in [0.2, 0.25) is 10.0 Å². The van der Waals surface area contributed by atoms with Crippen molar-refractivity contribution in [3.8, 4) is 0 Å². The molecular weight excluding hydrogens is 492 g/mol. The van der Waals surface area contributed by atoms with Gasteiger partial charge in [-0.2, -0.15) is 9.30 Å². The fraction of sp³-hybridized carbons (Fsp3) is 0.391. The molecule has 0 atom stereocenters. The highest BCUT2D eigenvalue weighted by Crippen LogP contribution is 2.23. The van der Waals surface area contributed by atoms with E-state index in [1.54, 1.807) is 17.7 Å². The summed E-state index contributed by atoms with van der Waals surface area (Å²) < 4.78 is 34.9. The van der Waals surface area contributed by atoms with E-state index in [2.05, 4.69) is 4.99 Å². The number of benzene rings is 2. The Morgan fingerprint density at radius 1 is 1.14 bits per heavy atom. The van der Waals surface area contributed by atoms with Crippen LogP contribution in [-0.2, 0) is 21.3 Å². The zero-order chi connectivity index (χ0) is 25.6. The summed E-state index contributed by atoms with van der Waals surface area (Å²) in [6.45, 7) is 5.47. The Morgan fingerprint density at radius 3 is 2.37 bits per heavy atom. The van der Waals surface area contributed by atoms with E-state index >= 15 is 0 Å². The molecule has 1 aromatic heterocycles. The molecule has 3 aromatic rings. The number of hydrogen-bond donors (Lipinski definition) is 0. The zero-order valence-electron chi connectivity index (χ0n) is 19.8. The third-order valence-electron chi connectivity index (χ3n) is 5.28.